The van der Waals surface area contributed by atoms with Gasteiger partial charge >= 0.3 is 26.6 Å². The van der Waals surface area contributed by atoms with E-state index >= 15 is 0 Å². The number of hydrogen-bond acceptors (Lipinski definition) is 13. The molecule has 2 unspecified atom stereocenters. The van der Waals surface area contributed by atoms with Gasteiger partial charge in [-0.1, -0.05) is 9.13 Å². The summed E-state index contributed by atoms with van der Waals surface area (Å²) in [6.45, 7) is 0. The van der Waals surface area contributed by atoms with Crippen LogP contribution in [-0.4, -0.2) is 31.7 Å². The summed E-state index contributed by atoms with van der Waals surface area (Å²) in [5, 5.41) is 16.5. The first-order chi connectivity index (χ1) is 9.70. The van der Waals surface area contributed by atoms with Gasteiger partial charge in [-0.25, -0.2) is 9.59 Å². The van der Waals surface area contributed by atoms with Crippen LogP contribution in [0.1, 0.15) is 0 Å². The Labute approximate surface area is 124 Å². The fraction of sp³-hybridized carbons (Fsp3) is 0. The van der Waals surface area contributed by atoms with Crippen LogP contribution < -0.4 is 20.7 Å². The normalized spacial score (nSPS) is 12.2. The molecular formula is C2H4N4O11P2S2. The summed E-state index contributed by atoms with van der Waals surface area (Å²) in [6, 6.07) is 0. The van der Waals surface area contributed by atoms with Gasteiger partial charge < -0.3 is 20.0 Å². The summed E-state index contributed by atoms with van der Waals surface area (Å²) in [5.74, 6) is 0. The molecule has 19 heteroatoms. The zero-order valence-electron chi connectivity index (χ0n) is 9.17. The topological polar surface area (TPSA) is 213 Å². The molecule has 0 saturated carbocycles. The molecule has 0 spiro atoms. The van der Waals surface area contributed by atoms with Crippen molar-refractivity contribution in [3.63, 3.8) is 0 Å². The second-order valence-electron chi connectivity index (χ2n) is 2.14. The maximum absolute atomic E-state index is 10.5. The fourth-order valence-electron chi connectivity index (χ4n) is 0.412. The Kier molecular flexibility index (Phi) is 10.4. The molecule has 21 heavy (non-hydrogen) atoms. The summed E-state index contributed by atoms with van der Waals surface area (Å²) >= 11 is -0.518. The van der Waals surface area contributed by atoms with Crippen molar-refractivity contribution in [2.24, 2.45) is 0 Å². The quantitative estimate of drug-likeness (QED) is 0.201. The number of nitrogens with one attached hydrogen (secondary N) is 2. The number of nitrogens with zero attached hydrogens (tertiary/aromatic N) is 2. The van der Waals surface area contributed by atoms with Crippen LogP contribution in [-0.2, 0) is 23.9 Å². The van der Waals surface area contributed by atoms with Crippen molar-refractivity contribution in [2.45, 2.75) is 0 Å². The summed E-state index contributed by atoms with van der Waals surface area (Å²) in [6.07, 6.45) is -3.49. The summed E-state index contributed by atoms with van der Waals surface area (Å²) in [7, 11) is -6.53. The number of hydroxylamine groups is 2. The lowest BCUT2D eigenvalue weighted by Crippen LogP contribution is -2.37. The number of carbonyl (C=O) groups is 2. The highest BCUT2D eigenvalue weighted by Gasteiger charge is 2.29. The average Bonchev–Trinajstić information content (AvgIpc) is 2.31. The van der Waals surface area contributed by atoms with E-state index in [1.54, 1.807) is 0 Å². The van der Waals surface area contributed by atoms with Crippen LogP contribution in [0.25, 0.3) is 0 Å². The Balaban J connectivity index is 4.65. The molecule has 0 bridgehead atoms. The number of rotatable bonds is 10. The van der Waals surface area contributed by atoms with Gasteiger partial charge in [-0.2, -0.15) is 11.0 Å². The highest BCUT2D eigenvalue weighted by molar-refractivity contribution is 8.48. The minimum Gasteiger partial charge on any atom is -0.584 e. The smallest absolute Gasteiger partial charge is 0.430 e. The first-order valence-corrected chi connectivity index (χ1v) is 9.07. The van der Waals surface area contributed by atoms with Crippen LogP contribution in [0.4, 0.5) is 9.59 Å². The molecule has 0 fully saturated rings. The van der Waals surface area contributed by atoms with Gasteiger partial charge in [0, 0.05) is 0 Å². The molecule has 2 atom stereocenters. The second kappa shape index (κ2) is 10.8. The van der Waals surface area contributed by atoms with Gasteiger partial charge in [0.1, 0.15) is 0 Å². The van der Waals surface area contributed by atoms with Crippen molar-refractivity contribution in [1.82, 2.24) is 20.2 Å². The zero-order chi connectivity index (χ0) is 16.4. The van der Waals surface area contributed by atoms with Crippen molar-refractivity contribution in [2.75, 3.05) is 0 Å². The highest BCUT2D eigenvalue weighted by Crippen LogP contribution is 2.37. The maximum Gasteiger partial charge on any atom is 0.430 e. The summed E-state index contributed by atoms with van der Waals surface area (Å²) in [4.78, 5) is 53.6. The predicted octanol–water partition coefficient (Wildman–Crippen LogP) is -1.00. The van der Waals surface area contributed by atoms with Crippen molar-refractivity contribution < 1.29 is 53.5 Å². The largest absolute Gasteiger partial charge is 0.584 e. The Morgan fingerprint density at radius 3 is 1.52 bits per heavy atom. The first kappa shape index (κ1) is 20.2. The molecule has 120 valence electrons. The van der Waals surface area contributed by atoms with Crippen LogP contribution in [0.3, 0.4) is 0 Å². The molecule has 0 aliphatic rings. The molecule has 0 rings (SSSR count). The van der Waals surface area contributed by atoms with Gasteiger partial charge in [0.15, 0.2) is 0 Å². The molecule has 0 aromatic carbocycles. The van der Waals surface area contributed by atoms with Crippen LogP contribution in [0.5, 0.6) is 0 Å². The van der Waals surface area contributed by atoms with Gasteiger partial charge in [-0.15, -0.1) is 14.8 Å². The predicted molar refractivity (Wildman–Crippen MR) is 59.6 cm³/mol. The van der Waals surface area contributed by atoms with Crippen LogP contribution in [0, 0.1) is 0 Å². The first-order valence-electron chi connectivity index (χ1n) is 3.95. The van der Waals surface area contributed by atoms with Gasteiger partial charge in [-0.05, 0) is 0 Å². The van der Waals surface area contributed by atoms with Crippen molar-refractivity contribution in [1.29, 1.82) is 0 Å². The average molecular weight is 386 g/mol. The highest BCUT2D eigenvalue weighted by atomic mass is 32.7. The van der Waals surface area contributed by atoms with Crippen molar-refractivity contribution in [3.05, 3.63) is 0 Å². The molecule has 15 nitrogen and oxygen atoms in total. The summed E-state index contributed by atoms with van der Waals surface area (Å²) < 4.78 is 20.6. The molecule has 0 radical (unpaired) electrons. The third-order valence-electron chi connectivity index (χ3n) is 0.815. The van der Waals surface area contributed by atoms with E-state index in [0.717, 1.165) is 0 Å². The van der Waals surface area contributed by atoms with E-state index in [1.807, 2.05) is 0 Å². The number of hydrogen-bond donors (Lipinski definition) is 4. The molecule has 0 heterocycles. The minimum absolute atomic E-state index is 0.144. The van der Waals surface area contributed by atoms with E-state index in [1.165, 1.54) is 11.0 Å². The molecule has 0 aliphatic carbocycles. The second-order valence-corrected chi connectivity index (χ2v) is 6.72. The number of carboxylic acid groups (broad SMARTS) is 2. The lowest BCUT2D eigenvalue weighted by Gasteiger charge is -2.17. The van der Waals surface area contributed by atoms with Crippen molar-refractivity contribution >= 4 is 49.8 Å². The number of amides is 2. The van der Waals surface area contributed by atoms with Crippen LogP contribution in [0.2, 0.25) is 0 Å². The molecule has 0 saturated heterocycles. The van der Waals surface area contributed by atoms with Crippen LogP contribution in [0.15, 0.2) is 0 Å². The van der Waals surface area contributed by atoms with E-state index in [2.05, 4.69) is 14.8 Å². The Bertz CT molecular complexity index is 374. The monoisotopic (exact) mass is 386 g/mol. The van der Waals surface area contributed by atoms with E-state index in [4.69, 9.17) is 10.2 Å². The Hall–Kier alpha value is -0.840. The molecule has 2 amide bonds. The molecular weight excluding hydrogens is 382 g/mol. The van der Waals surface area contributed by atoms with Gasteiger partial charge in [0.05, 0.1) is 9.26 Å². The third-order valence-corrected chi connectivity index (χ3v) is 3.23. The van der Waals surface area contributed by atoms with E-state index in [-0.39, 0.29) is 32.4 Å². The molecule has 0 aromatic rings. The van der Waals surface area contributed by atoms with E-state index < -0.39 is 26.6 Å². The Morgan fingerprint density at radius 1 is 0.952 bits per heavy atom. The summed E-state index contributed by atoms with van der Waals surface area (Å²) in [5.41, 5.74) is 2.45. The fourth-order valence-corrected chi connectivity index (χ4v) is 2.03. The van der Waals surface area contributed by atoms with Crippen molar-refractivity contribution in [3.8, 4) is 0 Å². The zero-order valence-corrected chi connectivity index (χ0v) is 12.6. The van der Waals surface area contributed by atoms with Gasteiger partial charge in [0.25, 0.3) is 23.1 Å². The SMILES string of the molecule is O=C(O)NON(ON(ONC(=O)O)S[P+](=O)[O-])S[P+](=O)[O-]. The van der Waals surface area contributed by atoms with E-state index in [9.17, 15) is 28.5 Å². The molecule has 4 N–H and O–H groups in total. The van der Waals surface area contributed by atoms with Gasteiger partial charge in [0.2, 0.25) is 0 Å². The lowest BCUT2D eigenvalue weighted by atomic mass is 11.3. The van der Waals surface area contributed by atoms with Gasteiger partial charge in [-0.3, -0.25) is 0 Å². The minimum atomic E-state index is -3.26. The van der Waals surface area contributed by atoms with Crippen LogP contribution >= 0.6 is 37.6 Å². The third kappa shape index (κ3) is 12.6. The maximum atomic E-state index is 10.5. The standard InChI is InChI=1S/C2H4N4O11P2S2/c7-1(8)3-15-5(20-18(11)12)17-6(21-19(13)14)16-4-2(9)10/h3-4H,(H,7,8)(H,9,10). The van der Waals surface area contributed by atoms with E-state index in [0.29, 0.717) is 0 Å². The lowest BCUT2D eigenvalue weighted by molar-refractivity contribution is -0.463. The Morgan fingerprint density at radius 2 is 1.29 bits per heavy atom. The molecule has 0 aliphatic heterocycles. The molecule has 0 aromatic heterocycles.